The number of hydrogen-bond donors (Lipinski definition) is 0. The van der Waals surface area contributed by atoms with Gasteiger partial charge in [-0.3, -0.25) is 14.2 Å². The van der Waals surface area contributed by atoms with Crippen LogP contribution in [-0.4, -0.2) is 70.0 Å². The fourth-order valence-electron chi connectivity index (χ4n) is 8.78. The minimum atomic E-state index is -4.65. The van der Waals surface area contributed by atoms with Crippen LogP contribution in [0.15, 0.2) is 146 Å². The molecule has 0 fully saturated rings. The standard InChI is InChI=1S/C74H124NO8P/c1-6-8-10-12-14-16-18-20-22-24-26-28-30-32-34-36-37-39-41-43-45-47-49-51-53-55-57-59-61-63-65-67-74(77)83-72(71-82-84(78,79)81-69-68-75(3,4)5)70-80-73(76)66-64-62-60-58-56-54-52-50-48-46-44-42-40-38-35-33-31-29-27-25-23-21-19-17-15-13-11-9-7-2/h8-11,14-17,20-23,26-29,32-35,37,39-40,42,72H,6-7,12-13,18-19,24-25,30-31,36,38,41,43-71H2,1-5H3/b10-8-,11-9-,16-14-,17-15-,22-20-,23-21-,28-26-,29-27-,34-32-,35-33-,39-37-,42-40-. The number of carbonyl (C=O) groups excluding carboxylic acids is 2. The molecule has 0 aliphatic carbocycles. The molecule has 0 aliphatic rings. The average Bonchev–Trinajstić information content (AvgIpc) is 3.61. The van der Waals surface area contributed by atoms with Gasteiger partial charge in [-0.25, -0.2) is 0 Å². The van der Waals surface area contributed by atoms with Crippen LogP contribution in [0.5, 0.6) is 0 Å². The molecule has 0 saturated carbocycles. The van der Waals surface area contributed by atoms with Crippen LogP contribution in [0.25, 0.3) is 0 Å². The summed E-state index contributed by atoms with van der Waals surface area (Å²) in [7, 11) is 1.15. The number of carbonyl (C=O) groups is 2. The summed E-state index contributed by atoms with van der Waals surface area (Å²) in [5.74, 6) is -0.846. The Morgan fingerprint density at radius 3 is 0.952 bits per heavy atom. The summed E-state index contributed by atoms with van der Waals surface area (Å²) in [6.45, 7) is 4.00. The summed E-state index contributed by atoms with van der Waals surface area (Å²) in [4.78, 5) is 38.1. The number of esters is 2. The number of phosphoric ester groups is 1. The molecule has 9 nitrogen and oxygen atoms in total. The Kier molecular flexibility index (Phi) is 60.3. The Bertz CT molecular complexity index is 1930. The van der Waals surface area contributed by atoms with Gasteiger partial charge in [-0.05, 0) is 116 Å². The van der Waals surface area contributed by atoms with E-state index in [2.05, 4.69) is 160 Å². The lowest BCUT2D eigenvalue weighted by Gasteiger charge is -2.28. The van der Waals surface area contributed by atoms with Crippen LogP contribution in [0.3, 0.4) is 0 Å². The fraction of sp³-hybridized carbons (Fsp3) is 0.649. The number of nitrogens with zero attached hydrogens (tertiary/aromatic N) is 1. The summed E-state index contributed by atoms with van der Waals surface area (Å²) in [6.07, 6.45) is 93.3. The van der Waals surface area contributed by atoms with Gasteiger partial charge in [0.05, 0.1) is 27.7 Å². The van der Waals surface area contributed by atoms with Gasteiger partial charge in [0.25, 0.3) is 7.82 Å². The van der Waals surface area contributed by atoms with Crippen LogP contribution in [-0.2, 0) is 32.7 Å². The molecule has 0 aromatic heterocycles. The van der Waals surface area contributed by atoms with E-state index in [4.69, 9.17) is 18.5 Å². The van der Waals surface area contributed by atoms with Crippen LogP contribution < -0.4 is 4.89 Å². The highest BCUT2D eigenvalue weighted by Crippen LogP contribution is 2.38. The van der Waals surface area contributed by atoms with Crippen LogP contribution in [0.1, 0.15) is 258 Å². The molecule has 0 saturated heterocycles. The number of allylic oxidation sites excluding steroid dienone is 24. The number of hydrogen-bond acceptors (Lipinski definition) is 8. The van der Waals surface area contributed by atoms with E-state index in [1.54, 1.807) is 0 Å². The maximum Gasteiger partial charge on any atom is 0.306 e. The lowest BCUT2D eigenvalue weighted by atomic mass is 10.0. The van der Waals surface area contributed by atoms with Crippen LogP contribution >= 0.6 is 7.82 Å². The minimum Gasteiger partial charge on any atom is -0.756 e. The van der Waals surface area contributed by atoms with E-state index in [1.165, 1.54) is 96.3 Å². The Morgan fingerprint density at radius 1 is 0.369 bits per heavy atom. The van der Waals surface area contributed by atoms with Crippen LogP contribution in [0.4, 0.5) is 0 Å². The van der Waals surface area contributed by atoms with E-state index in [-0.39, 0.29) is 26.1 Å². The van der Waals surface area contributed by atoms with Crippen molar-refractivity contribution in [2.75, 3.05) is 47.5 Å². The van der Waals surface area contributed by atoms with Crippen LogP contribution in [0, 0.1) is 0 Å². The molecule has 0 N–H and O–H groups in total. The second kappa shape index (κ2) is 63.4. The number of quaternary nitrogens is 1. The predicted molar refractivity (Wildman–Crippen MR) is 360 cm³/mol. The Labute approximate surface area is 516 Å². The van der Waals surface area contributed by atoms with Gasteiger partial charge in [-0.15, -0.1) is 0 Å². The van der Waals surface area contributed by atoms with Gasteiger partial charge in [-0.1, -0.05) is 275 Å². The lowest BCUT2D eigenvalue weighted by molar-refractivity contribution is -0.870. The highest BCUT2D eigenvalue weighted by atomic mass is 31.2. The average molecular weight is 1190 g/mol. The molecule has 0 aromatic carbocycles. The molecule has 0 aromatic rings. The molecule has 478 valence electrons. The highest BCUT2D eigenvalue weighted by molar-refractivity contribution is 7.45. The van der Waals surface area contributed by atoms with Crippen molar-refractivity contribution in [1.82, 2.24) is 0 Å². The third kappa shape index (κ3) is 67.0. The van der Waals surface area contributed by atoms with E-state index >= 15 is 0 Å². The summed E-state index contributed by atoms with van der Waals surface area (Å²) >= 11 is 0. The molecular formula is C74H124NO8P. The molecular weight excluding hydrogens is 1060 g/mol. The molecule has 2 atom stereocenters. The zero-order chi connectivity index (χ0) is 61.2. The Morgan fingerprint density at radius 2 is 0.643 bits per heavy atom. The number of rotatable bonds is 60. The van der Waals surface area contributed by atoms with E-state index in [9.17, 15) is 19.0 Å². The van der Waals surface area contributed by atoms with Crippen LogP contribution in [0.2, 0.25) is 0 Å². The van der Waals surface area contributed by atoms with Crippen molar-refractivity contribution >= 4 is 19.8 Å². The first-order chi connectivity index (χ1) is 41.0. The molecule has 84 heavy (non-hydrogen) atoms. The van der Waals surface area contributed by atoms with E-state index in [0.29, 0.717) is 17.4 Å². The third-order valence-electron chi connectivity index (χ3n) is 13.9. The van der Waals surface area contributed by atoms with Crippen molar-refractivity contribution in [3.8, 4) is 0 Å². The molecule has 0 heterocycles. The SMILES string of the molecule is CC/C=C\C/C=C\C/C=C\C/C=C\C/C=C\C/C=C\CCCCCCCCCCCCCCC(=O)OC(COC(=O)CCCCCCCCCCCC/C=C\C/C=C\C/C=C\C/C=C\C/C=C\C/C=C\CC)COP(=O)([O-])OCC[N+](C)(C)C. The molecule has 0 amide bonds. The van der Waals surface area contributed by atoms with Gasteiger partial charge in [0, 0.05) is 12.8 Å². The normalized spacial score (nSPS) is 14.1. The second-order valence-electron chi connectivity index (χ2n) is 23.1. The van der Waals surface area contributed by atoms with E-state index in [0.717, 1.165) is 128 Å². The summed E-state index contributed by atoms with van der Waals surface area (Å²) in [5.41, 5.74) is 0. The van der Waals surface area contributed by atoms with Crippen molar-refractivity contribution in [3.63, 3.8) is 0 Å². The number of ether oxygens (including phenoxy) is 2. The Balaban J connectivity index is 4.13. The summed E-state index contributed by atoms with van der Waals surface area (Å²) in [5, 5.41) is 0. The molecule has 0 radical (unpaired) electrons. The predicted octanol–water partition coefficient (Wildman–Crippen LogP) is 21.2. The number of likely N-dealkylation sites (N-methyl/N-ethyl adjacent to an activating group) is 1. The molecule has 10 heteroatoms. The van der Waals surface area contributed by atoms with Gasteiger partial charge >= 0.3 is 11.9 Å². The highest BCUT2D eigenvalue weighted by Gasteiger charge is 2.22. The van der Waals surface area contributed by atoms with E-state index < -0.39 is 32.5 Å². The first kappa shape index (κ1) is 79.9. The molecule has 0 spiro atoms. The number of unbranched alkanes of at least 4 members (excludes halogenated alkanes) is 22. The Hall–Kier alpha value is -4.11. The first-order valence-electron chi connectivity index (χ1n) is 33.5. The minimum absolute atomic E-state index is 0.0388. The van der Waals surface area contributed by atoms with Crippen molar-refractivity contribution in [2.45, 2.75) is 264 Å². The van der Waals surface area contributed by atoms with Crippen molar-refractivity contribution in [3.05, 3.63) is 146 Å². The fourth-order valence-corrected chi connectivity index (χ4v) is 9.51. The molecule has 2 unspecified atom stereocenters. The van der Waals surface area contributed by atoms with Crippen molar-refractivity contribution in [2.24, 2.45) is 0 Å². The van der Waals surface area contributed by atoms with Gasteiger partial charge in [-0.2, -0.15) is 0 Å². The second-order valence-corrected chi connectivity index (χ2v) is 24.5. The van der Waals surface area contributed by atoms with Crippen molar-refractivity contribution < 1.29 is 42.1 Å². The van der Waals surface area contributed by atoms with Gasteiger partial charge in [0.15, 0.2) is 6.10 Å². The zero-order valence-corrected chi connectivity index (χ0v) is 55.2. The lowest BCUT2D eigenvalue weighted by Crippen LogP contribution is -2.37. The largest absolute Gasteiger partial charge is 0.756 e. The molecule has 0 aliphatic heterocycles. The maximum atomic E-state index is 12.9. The van der Waals surface area contributed by atoms with Crippen molar-refractivity contribution in [1.29, 1.82) is 0 Å². The van der Waals surface area contributed by atoms with Gasteiger partial charge in [0.2, 0.25) is 0 Å². The zero-order valence-electron chi connectivity index (χ0n) is 54.3. The smallest absolute Gasteiger partial charge is 0.306 e. The van der Waals surface area contributed by atoms with E-state index in [1.807, 2.05) is 21.1 Å². The molecule has 0 rings (SSSR count). The first-order valence-corrected chi connectivity index (χ1v) is 35.0. The quantitative estimate of drug-likeness (QED) is 0.0195. The van der Waals surface area contributed by atoms with Gasteiger partial charge < -0.3 is 27.9 Å². The summed E-state index contributed by atoms with van der Waals surface area (Å²) < 4.78 is 34.3. The monoisotopic (exact) mass is 1190 g/mol. The maximum absolute atomic E-state index is 12.9. The topological polar surface area (TPSA) is 111 Å². The molecule has 0 bridgehead atoms. The number of phosphoric acid groups is 1. The summed E-state index contributed by atoms with van der Waals surface area (Å²) in [6, 6.07) is 0. The third-order valence-corrected chi connectivity index (χ3v) is 14.8. The van der Waals surface area contributed by atoms with Gasteiger partial charge in [0.1, 0.15) is 19.8 Å².